The summed E-state index contributed by atoms with van der Waals surface area (Å²) in [5, 5.41) is 16.7. The van der Waals surface area contributed by atoms with Crippen molar-refractivity contribution in [1.29, 1.82) is 0 Å². The van der Waals surface area contributed by atoms with E-state index in [9.17, 15) is 101 Å². The van der Waals surface area contributed by atoms with Crippen LogP contribution in [0, 0.1) is 0 Å². The van der Waals surface area contributed by atoms with Gasteiger partial charge in [-0.15, -0.1) is 0 Å². The third-order valence-corrected chi connectivity index (χ3v) is 4.67. The predicted octanol–water partition coefficient (Wildman–Crippen LogP) is 6.65. The molecule has 0 aromatic heterocycles. The van der Waals surface area contributed by atoms with Gasteiger partial charge in [0.25, 0.3) is 0 Å². The van der Waals surface area contributed by atoms with Crippen LogP contribution < -0.4 is 0 Å². The van der Waals surface area contributed by atoms with Crippen molar-refractivity contribution in [3.8, 4) is 0 Å². The summed E-state index contributed by atoms with van der Waals surface area (Å²) in [6.07, 6.45) is -14.7. The Morgan fingerprint density at radius 2 is 0.564 bits per heavy atom. The first kappa shape index (κ1) is 37.3. The Labute approximate surface area is 197 Å². The van der Waals surface area contributed by atoms with E-state index in [1.807, 2.05) is 0 Å². The van der Waals surface area contributed by atoms with Crippen LogP contribution in [0.2, 0.25) is 0 Å². The number of aliphatic hydroxyl groups excluding tert-OH is 2. The fourth-order valence-electron chi connectivity index (χ4n) is 2.28. The van der Waals surface area contributed by atoms with E-state index < -0.39 is 84.5 Å². The van der Waals surface area contributed by atoms with Crippen LogP contribution in [0.3, 0.4) is 0 Å². The molecule has 0 fully saturated rings. The minimum atomic E-state index is -9.45. The van der Waals surface area contributed by atoms with Gasteiger partial charge in [0, 0.05) is 6.42 Å². The molecule has 0 saturated carbocycles. The van der Waals surface area contributed by atoms with E-state index in [-0.39, 0.29) is 0 Å². The van der Waals surface area contributed by atoms with E-state index in [0.29, 0.717) is 0 Å². The van der Waals surface area contributed by atoms with Crippen LogP contribution in [0.5, 0.6) is 0 Å². The Kier molecular flexibility index (Phi) is 9.02. The summed E-state index contributed by atoms with van der Waals surface area (Å²) in [7, 11) is 0. The fraction of sp³-hybridized carbons (Fsp3) is 1.00. The molecule has 0 saturated heterocycles. The monoisotopic (exact) mass is 644 g/mol. The lowest BCUT2D eigenvalue weighted by atomic mass is 9.84. The molecule has 0 heterocycles. The molecule has 2 N–H and O–H groups in total. The maximum Gasteiger partial charge on any atom is 0.460 e. The van der Waals surface area contributed by atoms with Crippen LogP contribution in [0.25, 0.3) is 0 Å². The highest BCUT2D eigenvalue weighted by molar-refractivity contribution is 5.19. The molecule has 0 aromatic carbocycles. The van der Waals surface area contributed by atoms with Gasteiger partial charge in [0.05, 0.1) is 12.7 Å². The van der Waals surface area contributed by atoms with Crippen LogP contribution in [0.15, 0.2) is 0 Å². The van der Waals surface area contributed by atoms with Gasteiger partial charge in [-0.2, -0.15) is 101 Å². The van der Waals surface area contributed by atoms with Crippen LogP contribution in [0.1, 0.15) is 6.42 Å². The second-order valence-electron chi connectivity index (χ2n) is 7.41. The van der Waals surface area contributed by atoms with Gasteiger partial charge < -0.3 is 10.2 Å². The topological polar surface area (TPSA) is 40.5 Å². The number of hydrogen-bond donors (Lipinski definition) is 2. The SMILES string of the molecule is OCC(O)CC(F)(F)C(F)(F)C(F)(F)C(F)(F)C(F)(F)C(F)(F)C(F)(F)C(F)(F)C(F)(F)C(F)(F)C(F)(F)F. The molecule has 0 spiro atoms. The molecule has 0 radical (unpaired) electrons. The number of rotatable bonds is 12. The first-order valence-electron chi connectivity index (χ1n) is 8.59. The van der Waals surface area contributed by atoms with E-state index in [4.69, 9.17) is 10.2 Å². The van der Waals surface area contributed by atoms with Gasteiger partial charge in [-0.05, 0) is 0 Å². The summed E-state index contributed by atoms with van der Waals surface area (Å²) in [4.78, 5) is 0. The molecule has 2 nitrogen and oxygen atoms in total. The maximum atomic E-state index is 13.6. The van der Waals surface area contributed by atoms with E-state index >= 15 is 0 Å². The normalized spacial score (nSPS) is 17.5. The van der Waals surface area contributed by atoms with Gasteiger partial charge in [-0.3, -0.25) is 0 Å². The summed E-state index contributed by atoms with van der Waals surface area (Å²) in [5.41, 5.74) is 0. The molecule has 0 amide bonds. The predicted molar refractivity (Wildman–Crippen MR) is 73.2 cm³/mol. The fourth-order valence-corrected chi connectivity index (χ4v) is 2.28. The Morgan fingerprint density at radius 1 is 0.359 bits per heavy atom. The highest BCUT2D eigenvalue weighted by Crippen LogP contribution is 2.67. The summed E-state index contributed by atoms with van der Waals surface area (Å²) >= 11 is 0. The third kappa shape index (κ3) is 4.71. The van der Waals surface area contributed by atoms with Crippen LogP contribution in [-0.4, -0.2) is 88.3 Å². The van der Waals surface area contributed by atoms with Crippen molar-refractivity contribution < 1.29 is 111 Å². The lowest BCUT2D eigenvalue weighted by Crippen LogP contribution is -2.77. The number of aliphatic hydroxyl groups is 2. The van der Waals surface area contributed by atoms with Gasteiger partial charge >= 0.3 is 65.4 Å². The molecule has 25 heteroatoms. The molecule has 0 aliphatic rings. The minimum absolute atomic E-state index is 2.10. The maximum absolute atomic E-state index is 13.6. The van der Waals surface area contributed by atoms with Crippen LogP contribution in [-0.2, 0) is 0 Å². The van der Waals surface area contributed by atoms with Gasteiger partial charge in [0.15, 0.2) is 0 Å². The zero-order chi connectivity index (χ0) is 32.5. The van der Waals surface area contributed by atoms with Crippen molar-refractivity contribution in [1.82, 2.24) is 0 Å². The zero-order valence-electron chi connectivity index (χ0n) is 17.1. The van der Waals surface area contributed by atoms with E-state index in [1.54, 1.807) is 0 Å². The quantitative estimate of drug-likeness (QED) is 0.234. The van der Waals surface area contributed by atoms with E-state index in [0.717, 1.165) is 0 Å². The first-order valence-corrected chi connectivity index (χ1v) is 8.59. The lowest BCUT2D eigenvalue weighted by molar-refractivity contribution is -0.478. The Balaban J connectivity index is 7.16. The molecule has 0 bridgehead atoms. The minimum Gasteiger partial charge on any atom is -0.394 e. The summed E-state index contributed by atoms with van der Waals surface area (Å²) < 4.78 is 303. The van der Waals surface area contributed by atoms with E-state index in [2.05, 4.69) is 0 Å². The highest BCUT2D eigenvalue weighted by Gasteiger charge is 2.98. The smallest absolute Gasteiger partial charge is 0.394 e. The van der Waals surface area contributed by atoms with Crippen LogP contribution in [0.4, 0.5) is 101 Å². The molecule has 1 atom stereocenters. The highest BCUT2D eigenvalue weighted by atomic mass is 19.4. The summed E-state index contributed by atoms with van der Waals surface area (Å²) in [6.45, 7) is -2.10. The van der Waals surface area contributed by atoms with Crippen molar-refractivity contribution in [2.45, 2.75) is 77.9 Å². The molecule has 0 aliphatic heterocycles. The van der Waals surface area contributed by atoms with Crippen molar-refractivity contribution in [2.75, 3.05) is 6.61 Å². The molecule has 1 unspecified atom stereocenters. The second kappa shape index (κ2) is 9.42. The molecule has 0 aromatic rings. The average Bonchev–Trinajstić information content (AvgIpc) is 2.70. The van der Waals surface area contributed by atoms with Crippen molar-refractivity contribution in [2.24, 2.45) is 0 Å². The van der Waals surface area contributed by atoms with Gasteiger partial charge in [0.2, 0.25) is 0 Å². The first-order chi connectivity index (χ1) is 16.5. The van der Waals surface area contributed by atoms with Crippen LogP contribution >= 0.6 is 0 Å². The molecule has 39 heavy (non-hydrogen) atoms. The average molecular weight is 644 g/mol. The largest absolute Gasteiger partial charge is 0.460 e. The van der Waals surface area contributed by atoms with Gasteiger partial charge in [-0.1, -0.05) is 0 Å². The molecular formula is C14H7F23O2. The Morgan fingerprint density at radius 3 is 0.769 bits per heavy atom. The second-order valence-corrected chi connectivity index (χ2v) is 7.41. The standard InChI is InChI=1S/C14H7F23O2/c15-4(16,1-3(39)2-38)5(17,18)6(19,20)7(21,22)8(23,24)9(25,26)10(27,28)11(29,30)12(31,32)13(33,34)14(35,36)37/h3,38-39H,1-2H2. The zero-order valence-corrected chi connectivity index (χ0v) is 17.1. The van der Waals surface area contributed by atoms with Crippen molar-refractivity contribution in [3.05, 3.63) is 0 Å². The van der Waals surface area contributed by atoms with Gasteiger partial charge in [-0.25, -0.2) is 0 Å². The Hall–Kier alpha value is -1.69. The molecule has 0 rings (SSSR count). The third-order valence-electron chi connectivity index (χ3n) is 4.67. The number of halogens is 23. The van der Waals surface area contributed by atoms with Crippen molar-refractivity contribution >= 4 is 0 Å². The molecule has 0 aliphatic carbocycles. The molecule has 236 valence electrons. The number of hydrogen-bond acceptors (Lipinski definition) is 2. The summed E-state index contributed by atoms with van der Waals surface area (Å²) in [6, 6.07) is 0. The van der Waals surface area contributed by atoms with Gasteiger partial charge in [0.1, 0.15) is 0 Å². The molecular weight excluding hydrogens is 637 g/mol. The number of alkyl halides is 23. The lowest BCUT2D eigenvalue weighted by Gasteiger charge is -2.45. The summed E-state index contributed by atoms with van der Waals surface area (Å²) in [5.74, 6) is -88.3. The van der Waals surface area contributed by atoms with E-state index in [1.165, 1.54) is 0 Å². The van der Waals surface area contributed by atoms with Crippen molar-refractivity contribution in [3.63, 3.8) is 0 Å². The Bertz CT molecular complexity index is 871.